The highest BCUT2D eigenvalue weighted by Crippen LogP contribution is 2.34. The molecule has 0 atom stereocenters. The van der Waals surface area contributed by atoms with Gasteiger partial charge in [0.2, 0.25) is 0 Å². The number of fused-ring (bicyclic) bond motifs is 3. The van der Waals surface area contributed by atoms with Crippen molar-refractivity contribution in [2.24, 2.45) is 0 Å². The number of hydrogen-bond acceptors (Lipinski definition) is 0. The van der Waals surface area contributed by atoms with Gasteiger partial charge in [-0.15, -0.1) is 0 Å². The van der Waals surface area contributed by atoms with Gasteiger partial charge in [0, 0.05) is 16.5 Å². The minimum Gasteiger partial charge on any atom is -0.309 e. The van der Waals surface area contributed by atoms with Crippen molar-refractivity contribution in [1.29, 1.82) is 0 Å². The van der Waals surface area contributed by atoms with Gasteiger partial charge >= 0.3 is 0 Å². The first-order chi connectivity index (χ1) is 12.8. The molecule has 4 aromatic carbocycles. The molecule has 5 rings (SSSR count). The molecular formula is C25H19N. The lowest BCUT2D eigenvalue weighted by atomic mass is 10.0. The van der Waals surface area contributed by atoms with E-state index in [0.29, 0.717) is 0 Å². The Labute approximate surface area is 153 Å². The summed E-state index contributed by atoms with van der Waals surface area (Å²) in [5.41, 5.74) is 7.47. The predicted molar refractivity (Wildman–Crippen MR) is 111 cm³/mol. The Hall–Kier alpha value is -3.32. The third-order valence-electron chi connectivity index (χ3n) is 5.07. The molecule has 0 saturated heterocycles. The molecule has 0 aliphatic heterocycles. The average Bonchev–Trinajstić information content (AvgIpc) is 3.03. The quantitative estimate of drug-likeness (QED) is 0.336. The maximum Gasteiger partial charge on any atom is 0.0547 e. The van der Waals surface area contributed by atoms with Crippen molar-refractivity contribution in [1.82, 2.24) is 4.57 Å². The van der Waals surface area contributed by atoms with Crippen LogP contribution in [0.3, 0.4) is 0 Å². The zero-order valence-corrected chi connectivity index (χ0v) is 14.7. The minimum atomic E-state index is 1.19. The van der Waals surface area contributed by atoms with Gasteiger partial charge in [0.25, 0.3) is 0 Å². The van der Waals surface area contributed by atoms with Crippen LogP contribution in [-0.2, 0) is 0 Å². The highest BCUT2D eigenvalue weighted by molar-refractivity contribution is 6.10. The topological polar surface area (TPSA) is 4.93 Å². The lowest BCUT2D eigenvalue weighted by Crippen LogP contribution is -1.93. The molecule has 1 heterocycles. The summed E-state index contributed by atoms with van der Waals surface area (Å²) in [4.78, 5) is 0. The van der Waals surface area contributed by atoms with Crippen LogP contribution in [0.1, 0.15) is 5.56 Å². The lowest BCUT2D eigenvalue weighted by Gasteiger charge is -2.09. The van der Waals surface area contributed by atoms with Gasteiger partial charge in [0.15, 0.2) is 0 Å². The highest BCUT2D eigenvalue weighted by Gasteiger charge is 2.12. The maximum atomic E-state index is 2.36. The molecular weight excluding hydrogens is 314 g/mol. The van der Waals surface area contributed by atoms with Crippen molar-refractivity contribution >= 4 is 21.8 Å². The van der Waals surface area contributed by atoms with Crippen LogP contribution >= 0.6 is 0 Å². The molecule has 0 aliphatic rings. The number of para-hydroxylation sites is 2. The highest BCUT2D eigenvalue weighted by atomic mass is 15.0. The van der Waals surface area contributed by atoms with Crippen LogP contribution in [0.5, 0.6) is 0 Å². The second-order valence-corrected chi connectivity index (χ2v) is 6.79. The second kappa shape index (κ2) is 5.89. The molecule has 26 heavy (non-hydrogen) atoms. The van der Waals surface area contributed by atoms with Crippen LogP contribution in [0.2, 0.25) is 0 Å². The molecule has 124 valence electrons. The minimum absolute atomic E-state index is 1.19. The predicted octanol–water partition coefficient (Wildman–Crippen LogP) is 6.76. The van der Waals surface area contributed by atoms with E-state index in [2.05, 4.69) is 109 Å². The Balaban J connectivity index is 1.85. The molecule has 0 aliphatic carbocycles. The molecule has 5 aromatic rings. The first kappa shape index (κ1) is 15.0. The van der Waals surface area contributed by atoms with Gasteiger partial charge in [-0.1, -0.05) is 78.4 Å². The first-order valence-electron chi connectivity index (χ1n) is 8.97. The molecule has 1 aromatic heterocycles. The monoisotopic (exact) mass is 333 g/mol. The number of nitrogens with zero attached hydrogens (tertiary/aromatic N) is 1. The van der Waals surface area contributed by atoms with Gasteiger partial charge in [-0.3, -0.25) is 0 Å². The van der Waals surface area contributed by atoms with Crippen LogP contribution in [-0.4, -0.2) is 4.57 Å². The molecule has 0 saturated carbocycles. The summed E-state index contributed by atoms with van der Waals surface area (Å²) in [6.07, 6.45) is 0. The van der Waals surface area contributed by atoms with Crippen LogP contribution in [0.4, 0.5) is 0 Å². The van der Waals surface area contributed by atoms with Gasteiger partial charge in [0.05, 0.1) is 11.0 Å². The van der Waals surface area contributed by atoms with Gasteiger partial charge in [-0.2, -0.15) is 0 Å². The SMILES string of the molecule is Cc1ccc(-c2ccc3c4ccccc4n(-c4ccccc4)c3c2)cc1. The molecule has 0 radical (unpaired) electrons. The van der Waals surface area contributed by atoms with E-state index < -0.39 is 0 Å². The molecule has 1 heteroatoms. The fourth-order valence-corrected chi connectivity index (χ4v) is 3.75. The van der Waals surface area contributed by atoms with Crippen molar-refractivity contribution in [2.75, 3.05) is 0 Å². The zero-order chi connectivity index (χ0) is 17.5. The third kappa shape index (κ3) is 2.33. The van der Waals surface area contributed by atoms with E-state index in [9.17, 15) is 0 Å². The standard InChI is InChI=1S/C25H19N/c1-18-11-13-19(14-12-18)20-15-16-23-22-9-5-6-10-24(22)26(25(23)17-20)21-7-3-2-4-8-21/h2-17H,1H3. The number of aromatic nitrogens is 1. The fourth-order valence-electron chi connectivity index (χ4n) is 3.75. The van der Waals surface area contributed by atoms with E-state index in [1.807, 2.05) is 0 Å². The number of hydrogen-bond donors (Lipinski definition) is 0. The maximum absolute atomic E-state index is 2.36. The fraction of sp³-hybridized carbons (Fsp3) is 0.0400. The molecule has 1 nitrogen and oxygen atoms in total. The normalized spacial score (nSPS) is 11.3. The van der Waals surface area contributed by atoms with E-state index >= 15 is 0 Å². The number of benzene rings is 4. The van der Waals surface area contributed by atoms with E-state index in [-0.39, 0.29) is 0 Å². The molecule has 0 N–H and O–H groups in total. The summed E-state index contributed by atoms with van der Waals surface area (Å²) in [7, 11) is 0. The first-order valence-corrected chi connectivity index (χ1v) is 8.97. The third-order valence-corrected chi connectivity index (χ3v) is 5.07. The Kier molecular flexibility index (Phi) is 3.39. The van der Waals surface area contributed by atoms with Crippen molar-refractivity contribution in [3.05, 3.63) is 103 Å². The summed E-state index contributed by atoms with van der Waals surface area (Å²) >= 11 is 0. The van der Waals surface area contributed by atoms with Crippen LogP contribution in [0, 0.1) is 6.92 Å². The van der Waals surface area contributed by atoms with E-state index in [1.165, 1.54) is 44.2 Å². The second-order valence-electron chi connectivity index (χ2n) is 6.79. The summed E-state index contributed by atoms with van der Waals surface area (Å²) in [6, 6.07) is 34.8. The smallest absolute Gasteiger partial charge is 0.0547 e. The van der Waals surface area contributed by atoms with Crippen molar-refractivity contribution < 1.29 is 0 Å². The summed E-state index contributed by atoms with van der Waals surface area (Å²) in [6.45, 7) is 2.13. The molecule has 0 unspecified atom stereocenters. The van der Waals surface area contributed by atoms with Crippen molar-refractivity contribution in [3.63, 3.8) is 0 Å². The summed E-state index contributed by atoms with van der Waals surface area (Å²) in [5.74, 6) is 0. The van der Waals surface area contributed by atoms with Crippen LogP contribution in [0.15, 0.2) is 97.1 Å². The Morgan fingerprint density at radius 3 is 2.00 bits per heavy atom. The van der Waals surface area contributed by atoms with Crippen LogP contribution < -0.4 is 0 Å². The van der Waals surface area contributed by atoms with Gasteiger partial charge in [-0.25, -0.2) is 0 Å². The van der Waals surface area contributed by atoms with Crippen molar-refractivity contribution in [3.8, 4) is 16.8 Å². The lowest BCUT2D eigenvalue weighted by molar-refractivity contribution is 1.18. The van der Waals surface area contributed by atoms with Crippen LogP contribution in [0.25, 0.3) is 38.6 Å². The summed E-state index contributed by atoms with van der Waals surface area (Å²) in [5, 5.41) is 2.59. The number of aryl methyl sites for hydroxylation is 1. The zero-order valence-electron chi connectivity index (χ0n) is 14.7. The van der Waals surface area contributed by atoms with E-state index in [4.69, 9.17) is 0 Å². The summed E-state index contributed by atoms with van der Waals surface area (Å²) < 4.78 is 2.36. The Bertz CT molecular complexity index is 1210. The molecule has 0 spiro atoms. The average molecular weight is 333 g/mol. The Morgan fingerprint density at radius 2 is 1.19 bits per heavy atom. The van der Waals surface area contributed by atoms with Gasteiger partial charge in [-0.05, 0) is 42.3 Å². The number of rotatable bonds is 2. The van der Waals surface area contributed by atoms with Crippen molar-refractivity contribution in [2.45, 2.75) is 6.92 Å². The van der Waals surface area contributed by atoms with Gasteiger partial charge < -0.3 is 4.57 Å². The Morgan fingerprint density at radius 1 is 0.538 bits per heavy atom. The molecule has 0 amide bonds. The molecule has 0 bridgehead atoms. The largest absolute Gasteiger partial charge is 0.309 e. The van der Waals surface area contributed by atoms with E-state index in [1.54, 1.807) is 0 Å². The van der Waals surface area contributed by atoms with Gasteiger partial charge in [0.1, 0.15) is 0 Å². The van der Waals surface area contributed by atoms with E-state index in [0.717, 1.165) is 0 Å². The molecule has 0 fully saturated rings.